The molecule has 0 aromatic heterocycles. The molecule has 2 aromatic rings. The monoisotopic (exact) mass is 333 g/mol. The van der Waals surface area contributed by atoms with Crippen molar-refractivity contribution in [2.24, 2.45) is 0 Å². The Kier molecular flexibility index (Phi) is 4.66. The maximum absolute atomic E-state index is 12.9. The lowest BCUT2D eigenvalue weighted by atomic mass is 9.96. The Labute approximate surface area is 149 Å². The summed E-state index contributed by atoms with van der Waals surface area (Å²) in [5.74, 6) is 0.181. The van der Waals surface area contributed by atoms with Gasteiger partial charge in [-0.1, -0.05) is 60.7 Å². The molecule has 3 nitrogen and oxygen atoms in total. The standard InChI is InChI=1S/C22H24N2O/c25-22(23-20-11-12-20)21(19-9-5-2-6-10-19)24-15-13-18(14-16-24)17-7-3-1-4-8-17/h1-10,13,20-21H,11-12,14-16H2,(H,23,25)/p+1/t21-/m0/s1. The van der Waals surface area contributed by atoms with Gasteiger partial charge in [-0.25, -0.2) is 0 Å². The van der Waals surface area contributed by atoms with Crippen LogP contribution in [0.2, 0.25) is 0 Å². The molecule has 0 saturated heterocycles. The minimum Gasteiger partial charge on any atom is -0.348 e. The number of benzene rings is 2. The molecule has 1 fully saturated rings. The zero-order valence-electron chi connectivity index (χ0n) is 14.4. The lowest BCUT2D eigenvalue weighted by Gasteiger charge is -2.30. The van der Waals surface area contributed by atoms with E-state index in [0.29, 0.717) is 6.04 Å². The van der Waals surface area contributed by atoms with E-state index in [-0.39, 0.29) is 11.9 Å². The molecular weight excluding hydrogens is 308 g/mol. The first-order chi connectivity index (χ1) is 12.3. The molecule has 0 radical (unpaired) electrons. The van der Waals surface area contributed by atoms with Crippen LogP contribution in [-0.2, 0) is 4.79 Å². The molecule has 25 heavy (non-hydrogen) atoms. The molecule has 1 aliphatic heterocycles. The van der Waals surface area contributed by atoms with Crippen molar-refractivity contribution in [1.29, 1.82) is 0 Å². The fraction of sp³-hybridized carbons (Fsp3) is 0.318. The highest BCUT2D eigenvalue weighted by atomic mass is 16.2. The molecule has 3 heteroatoms. The minimum absolute atomic E-state index is 0.115. The number of nitrogens with one attached hydrogen (secondary N) is 2. The zero-order valence-corrected chi connectivity index (χ0v) is 14.4. The minimum atomic E-state index is -0.115. The maximum atomic E-state index is 12.9. The molecular formula is C22H25N2O+. The largest absolute Gasteiger partial charge is 0.348 e. The summed E-state index contributed by atoms with van der Waals surface area (Å²) < 4.78 is 0. The smallest absolute Gasteiger partial charge is 0.283 e. The SMILES string of the molecule is O=C(NC1CC1)[C@H](c1ccccc1)[NH+]1CC=C(c2ccccc2)CC1. The molecule has 1 heterocycles. The van der Waals surface area contributed by atoms with E-state index in [0.717, 1.165) is 37.9 Å². The fourth-order valence-corrected chi connectivity index (χ4v) is 3.66. The van der Waals surface area contributed by atoms with Crippen LogP contribution in [0.4, 0.5) is 0 Å². The first-order valence-corrected chi connectivity index (χ1v) is 9.25. The predicted octanol–water partition coefficient (Wildman–Crippen LogP) is 2.38. The van der Waals surface area contributed by atoms with Crippen LogP contribution in [0.15, 0.2) is 66.7 Å². The topological polar surface area (TPSA) is 33.5 Å². The van der Waals surface area contributed by atoms with Crippen molar-refractivity contribution in [2.75, 3.05) is 13.1 Å². The molecule has 1 unspecified atom stereocenters. The summed E-state index contributed by atoms with van der Waals surface area (Å²) in [6, 6.07) is 21.1. The Balaban J connectivity index is 1.54. The lowest BCUT2D eigenvalue weighted by molar-refractivity contribution is -0.917. The predicted molar refractivity (Wildman–Crippen MR) is 100 cm³/mol. The van der Waals surface area contributed by atoms with Crippen LogP contribution in [0.1, 0.15) is 36.4 Å². The second kappa shape index (κ2) is 7.24. The van der Waals surface area contributed by atoms with Crippen LogP contribution in [-0.4, -0.2) is 25.0 Å². The highest BCUT2D eigenvalue weighted by Crippen LogP contribution is 2.22. The fourth-order valence-electron chi connectivity index (χ4n) is 3.66. The number of amides is 1. The summed E-state index contributed by atoms with van der Waals surface area (Å²) in [5, 5.41) is 3.21. The Hall–Kier alpha value is -2.39. The van der Waals surface area contributed by atoms with E-state index < -0.39 is 0 Å². The van der Waals surface area contributed by atoms with Crippen LogP contribution in [0, 0.1) is 0 Å². The number of carbonyl (C=O) groups is 1. The van der Waals surface area contributed by atoms with Crippen LogP contribution in [0.5, 0.6) is 0 Å². The van der Waals surface area contributed by atoms with Crippen molar-refractivity contribution in [3.05, 3.63) is 77.9 Å². The lowest BCUT2D eigenvalue weighted by Crippen LogP contribution is -3.13. The van der Waals surface area contributed by atoms with Crippen LogP contribution < -0.4 is 10.2 Å². The molecule has 0 spiro atoms. The molecule has 1 saturated carbocycles. The Morgan fingerprint density at radius 3 is 2.28 bits per heavy atom. The Bertz CT molecular complexity index is 750. The van der Waals surface area contributed by atoms with Crippen molar-refractivity contribution in [2.45, 2.75) is 31.3 Å². The first kappa shape index (κ1) is 16.1. The highest BCUT2D eigenvalue weighted by Gasteiger charge is 2.35. The number of rotatable bonds is 5. The van der Waals surface area contributed by atoms with Crippen molar-refractivity contribution in [3.63, 3.8) is 0 Å². The van der Waals surface area contributed by atoms with Gasteiger partial charge in [-0.2, -0.15) is 0 Å². The molecule has 128 valence electrons. The van der Waals surface area contributed by atoms with E-state index in [1.165, 1.54) is 16.0 Å². The summed E-state index contributed by atoms with van der Waals surface area (Å²) in [6.45, 7) is 1.88. The third kappa shape index (κ3) is 3.83. The summed E-state index contributed by atoms with van der Waals surface area (Å²) in [4.78, 5) is 14.2. The van der Waals surface area contributed by atoms with E-state index in [1.807, 2.05) is 18.2 Å². The van der Waals surface area contributed by atoms with Crippen molar-refractivity contribution < 1.29 is 9.69 Å². The summed E-state index contributed by atoms with van der Waals surface area (Å²) in [6.07, 6.45) is 5.58. The van der Waals surface area contributed by atoms with E-state index in [9.17, 15) is 4.79 Å². The van der Waals surface area contributed by atoms with Crippen molar-refractivity contribution in [1.82, 2.24) is 5.32 Å². The Morgan fingerprint density at radius 1 is 1.00 bits per heavy atom. The van der Waals surface area contributed by atoms with Gasteiger partial charge in [0.15, 0.2) is 6.04 Å². The zero-order chi connectivity index (χ0) is 17.1. The van der Waals surface area contributed by atoms with Crippen LogP contribution in [0.3, 0.4) is 0 Å². The molecule has 2 aliphatic rings. The molecule has 2 aromatic carbocycles. The highest BCUT2D eigenvalue weighted by molar-refractivity contribution is 5.82. The number of hydrogen-bond donors (Lipinski definition) is 2. The van der Waals surface area contributed by atoms with Gasteiger partial charge in [-0.05, 0) is 30.1 Å². The third-order valence-electron chi connectivity index (χ3n) is 5.20. The van der Waals surface area contributed by atoms with Gasteiger partial charge in [0, 0.05) is 18.0 Å². The average Bonchev–Trinajstić information content (AvgIpc) is 3.48. The molecule has 2 N–H and O–H groups in total. The van der Waals surface area contributed by atoms with Crippen LogP contribution in [0.25, 0.3) is 5.57 Å². The second-order valence-electron chi connectivity index (χ2n) is 7.08. The summed E-state index contributed by atoms with van der Waals surface area (Å²) in [7, 11) is 0. The van der Waals surface area contributed by atoms with Gasteiger partial charge >= 0.3 is 0 Å². The van der Waals surface area contributed by atoms with E-state index in [2.05, 4.69) is 53.9 Å². The van der Waals surface area contributed by atoms with Gasteiger partial charge in [0.2, 0.25) is 0 Å². The van der Waals surface area contributed by atoms with Crippen molar-refractivity contribution in [3.8, 4) is 0 Å². The summed E-state index contributed by atoms with van der Waals surface area (Å²) >= 11 is 0. The van der Waals surface area contributed by atoms with Gasteiger partial charge in [-0.3, -0.25) is 4.79 Å². The van der Waals surface area contributed by atoms with Crippen molar-refractivity contribution >= 4 is 11.5 Å². The number of carbonyl (C=O) groups excluding carboxylic acids is 1. The van der Waals surface area contributed by atoms with E-state index in [4.69, 9.17) is 0 Å². The first-order valence-electron chi connectivity index (χ1n) is 9.25. The van der Waals surface area contributed by atoms with E-state index in [1.54, 1.807) is 0 Å². The maximum Gasteiger partial charge on any atom is 0.283 e. The number of hydrogen-bond acceptors (Lipinski definition) is 1. The Morgan fingerprint density at radius 2 is 1.68 bits per heavy atom. The van der Waals surface area contributed by atoms with Gasteiger partial charge in [0.1, 0.15) is 0 Å². The third-order valence-corrected chi connectivity index (χ3v) is 5.20. The molecule has 4 rings (SSSR count). The molecule has 2 atom stereocenters. The quantitative estimate of drug-likeness (QED) is 0.865. The van der Waals surface area contributed by atoms with Gasteiger partial charge in [-0.15, -0.1) is 0 Å². The van der Waals surface area contributed by atoms with Gasteiger partial charge < -0.3 is 10.2 Å². The number of quaternary nitrogens is 1. The van der Waals surface area contributed by atoms with Gasteiger partial charge in [0.05, 0.1) is 13.1 Å². The molecule has 0 bridgehead atoms. The second-order valence-corrected chi connectivity index (χ2v) is 7.08. The molecule has 1 amide bonds. The van der Waals surface area contributed by atoms with E-state index >= 15 is 0 Å². The summed E-state index contributed by atoms with van der Waals surface area (Å²) in [5.41, 5.74) is 3.83. The van der Waals surface area contributed by atoms with Gasteiger partial charge in [0.25, 0.3) is 5.91 Å². The molecule has 1 aliphatic carbocycles. The normalized spacial score (nSPS) is 21.3. The average molecular weight is 333 g/mol. The van der Waals surface area contributed by atoms with Crippen LogP contribution >= 0.6 is 0 Å².